The van der Waals surface area contributed by atoms with Crippen molar-refractivity contribution in [2.75, 3.05) is 13.1 Å². The van der Waals surface area contributed by atoms with Gasteiger partial charge in [-0.2, -0.15) is 0 Å². The summed E-state index contributed by atoms with van der Waals surface area (Å²) in [5, 5.41) is 21.7. The SMILES string of the molecule is Cc1ccc(O)c(C(C)N2CCNC(=O)C2CC(=O)O)c1. The summed E-state index contributed by atoms with van der Waals surface area (Å²) in [5.74, 6) is -1.13. The highest BCUT2D eigenvalue weighted by atomic mass is 16.4. The average Bonchev–Trinajstić information content (AvgIpc) is 2.42. The fourth-order valence-corrected chi connectivity index (χ4v) is 2.76. The lowest BCUT2D eigenvalue weighted by Crippen LogP contribution is -2.56. The van der Waals surface area contributed by atoms with Crippen molar-refractivity contribution in [2.45, 2.75) is 32.4 Å². The molecule has 6 heteroatoms. The van der Waals surface area contributed by atoms with Crippen molar-refractivity contribution < 1.29 is 19.8 Å². The molecular formula is C15H20N2O4. The second kappa shape index (κ2) is 6.13. The lowest BCUT2D eigenvalue weighted by Gasteiger charge is -2.38. The molecule has 1 fully saturated rings. The highest BCUT2D eigenvalue weighted by Crippen LogP contribution is 2.31. The quantitative estimate of drug-likeness (QED) is 0.771. The van der Waals surface area contributed by atoms with Gasteiger partial charge in [-0.15, -0.1) is 0 Å². The predicted molar refractivity (Wildman–Crippen MR) is 77.0 cm³/mol. The van der Waals surface area contributed by atoms with E-state index in [4.69, 9.17) is 5.11 Å². The number of nitrogens with zero attached hydrogens (tertiary/aromatic N) is 1. The fourth-order valence-electron chi connectivity index (χ4n) is 2.76. The first kappa shape index (κ1) is 15.3. The third kappa shape index (κ3) is 3.33. The van der Waals surface area contributed by atoms with E-state index < -0.39 is 12.0 Å². The molecule has 3 N–H and O–H groups in total. The van der Waals surface area contributed by atoms with E-state index in [1.165, 1.54) is 0 Å². The van der Waals surface area contributed by atoms with Crippen molar-refractivity contribution in [1.82, 2.24) is 10.2 Å². The molecule has 1 aromatic carbocycles. The number of amides is 1. The number of carboxylic acids is 1. The summed E-state index contributed by atoms with van der Waals surface area (Å²) in [6.45, 7) is 4.83. The number of carboxylic acid groups (broad SMARTS) is 1. The minimum absolute atomic E-state index is 0.160. The number of aryl methyl sites for hydroxylation is 1. The molecule has 0 aromatic heterocycles. The van der Waals surface area contributed by atoms with Gasteiger partial charge in [-0.3, -0.25) is 14.5 Å². The van der Waals surface area contributed by atoms with Crippen LogP contribution in [0.15, 0.2) is 18.2 Å². The second-order valence-corrected chi connectivity index (χ2v) is 5.38. The van der Waals surface area contributed by atoms with Crippen molar-refractivity contribution in [3.8, 4) is 5.75 Å². The number of aliphatic carboxylic acids is 1. The second-order valence-electron chi connectivity index (χ2n) is 5.38. The zero-order valence-corrected chi connectivity index (χ0v) is 12.2. The molecule has 1 amide bonds. The molecule has 0 bridgehead atoms. The van der Waals surface area contributed by atoms with Crippen LogP contribution in [0.5, 0.6) is 5.75 Å². The predicted octanol–water partition coefficient (Wildman–Crippen LogP) is 1.04. The number of carbonyl (C=O) groups excluding carboxylic acids is 1. The summed E-state index contributed by atoms with van der Waals surface area (Å²) < 4.78 is 0. The number of carbonyl (C=O) groups is 2. The molecule has 2 atom stereocenters. The molecule has 1 aromatic rings. The van der Waals surface area contributed by atoms with Gasteiger partial charge in [-0.1, -0.05) is 17.7 Å². The standard InChI is InChI=1S/C15H20N2O4/c1-9-3-4-13(18)11(7-9)10(2)17-6-5-16-15(21)12(17)8-14(19)20/h3-4,7,10,12,18H,5-6,8H2,1-2H3,(H,16,21)(H,19,20). The molecule has 0 saturated carbocycles. The van der Waals surface area contributed by atoms with Crippen molar-refractivity contribution >= 4 is 11.9 Å². The number of rotatable bonds is 4. The Hall–Kier alpha value is -2.08. The van der Waals surface area contributed by atoms with Crippen LogP contribution in [-0.2, 0) is 9.59 Å². The summed E-state index contributed by atoms with van der Waals surface area (Å²) in [5.41, 5.74) is 1.71. The lowest BCUT2D eigenvalue weighted by molar-refractivity contribution is -0.143. The Labute approximate surface area is 123 Å². The molecule has 6 nitrogen and oxygen atoms in total. The van der Waals surface area contributed by atoms with Crippen LogP contribution in [0.25, 0.3) is 0 Å². The van der Waals surface area contributed by atoms with Gasteiger partial charge in [0.15, 0.2) is 0 Å². The topological polar surface area (TPSA) is 89.9 Å². The van der Waals surface area contributed by atoms with E-state index in [1.54, 1.807) is 6.07 Å². The number of aromatic hydroxyl groups is 1. The normalized spacial score (nSPS) is 20.9. The molecule has 2 unspecified atom stereocenters. The van der Waals surface area contributed by atoms with Crippen LogP contribution in [-0.4, -0.2) is 46.1 Å². The molecule has 0 aliphatic carbocycles. The Morgan fingerprint density at radius 3 is 2.90 bits per heavy atom. The van der Waals surface area contributed by atoms with Crippen LogP contribution in [0.4, 0.5) is 0 Å². The van der Waals surface area contributed by atoms with Gasteiger partial charge in [-0.05, 0) is 19.9 Å². The van der Waals surface area contributed by atoms with Gasteiger partial charge in [0.05, 0.1) is 6.42 Å². The molecule has 1 aliphatic rings. The zero-order valence-electron chi connectivity index (χ0n) is 12.2. The molecule has 0 radical (unpaired) electrons. The largest absolute Gasteiger partial charge is 0.508 e. The number of hydrogen-bond acceptors (Lipinski definition) is 4. The maximum Gasteiger partial charge on any atom is 0.305 e. The first-order chi connectivity index (χ1) is 9.90. The molecule has 0 spiro atoms. The van der Waals surface area contributed by atoms with Crippen LogP contribution < -0.4 is 5.32 Å². The van der Waals surface area contributed by atoms with Crippen LogP contribution in [0.3, 0.4) is 0 Å². The van der Waals surface area contributed by atoms with Crippen molar-refractivity contribution in [2.24, 2.45) is 0 Å². The Bertz CT molecular complexity index is 559. The zero-order chi connectivity index (χ0) is 15.6. The summed E-state index contributed by atoms with van der Waals surface area (Å²) in [6, 6.07) is 4.34. The number of nitrogens with one attached hydrogen (secondary N) is 1. The van der Waals surface area contributed by atoms with E-state index in [-0.39, 0.29) is 24.1 Å². The summed E-state index contributed by atoms with van der Waals surface area (Å²) in [4.78, 5) is 24.8. The van der Waals surface area contributed by atoms with E-state index in [1.807, 2.05) is 30.9 Å². The van der Waals surface area contributed by atoms with Gasteiger partial charge in [0.25, 0.3) is 0 Å². The van der Waals surface area contributed by atoms with Gasteiger partial charge >= 0.3 is 5.97 Å². The Kier molecular flexibility index (Phi) is 4.47. The lowest BCUT2D eigenvalue weighted by atomic mass is 9.99. The van der Waals surface area contributed by atoms with E-state index >= 15 is 0 Å². The molecule has 1 heterocycles. The first-order valence-electron chi connectivity index (χ1n) is 6.95. The van der Waals surface area contributed by atoms with Gasteiger partial charge in [-0.25, -0.2) is 0 Å². The highest BCUT2D eigenvalue weighted by Gasteiger charge is 2.35. The average molecular weight is 292 g/mol. The number of benzene rings is 1. The van der Waals surface area contributed by atoms with Crippen molar-refractivity contribution in [1.29, 1.82) is 0 Å². The maximum absolute atomic E-state index is 11.9. The van der Waals surface area contributed by atoms with Gasteiger partial charge in [0, 0.05) is 24.7 Å². The smallest absolute Gasteiger partial charge is 0.305 e. The third-order valence-corrected chi connectivity index (χ3v) is 3.87. The van der Waals surface area contributed by atoms with Crippen LogP contribution >= 0.6 is 0 Å². The Morgan fingerprint density at radius 2 is 2.24 bits per heavy atom. The summed E-state index contributed by atoms with van der Waals surface area (Å²) in [6.07, 6.45) is -0.247. The van der Waals surface area contributed by atoms with Crippen LogP contribution in [0.2, 0.25) is 0 Å². The maximum atomic E-state index is 11.9. The highest BCUT2D eigenvalue weighted by molar-refractivity contribution is 5.86. The minimum atomic E-state index is -1.01. The van der Waals surface area contributed by atoms with E-state index in [2.05, 4.69) is 5.32 Å². The minimum Gasteiger partial charge on any atom is -0.508 e. The molecule has 1 saturated heterocycles. The summed E-state index contributed by atoms with van der Waals surface area (Å²) >= 11 is 0. The third-order valence-electron chi connectivity index (χ3n) is 3.87. The van der Waals surface area contributed by atoms with E-state index in [0.717, 1.165) is 5.56 Å². The fraction of sp³-hybridized carbons (Fsp3) is 0.467. The van der Waals surface area contributed by atoms with E-state index in [0.29, 0.717) is 18.7 Å². The monoisotopic (exact) mass is 292 g/mol. The van der Waals surface area contributed by atoms with Crippen LogP contribution in [0.1, 0.15) is 30.5 Å². The van der Waals surface area contributed by atoms with Crippen molar-refractivity contribution in [3.63, 3.8) is 0 Å². The first-order valence-corrected chi connectivity index (χ1v) is 6.95. The molecule has 114 valence electrons. The Balaban J connectivity index is 2.30. The number of hydrogen-bond donors (Lipinski definition) is 3. The van der Waals surface area contributed by atoms with Gasteiger partial charge < -0.3 is 15.5 Å². The van der Waals surface area contributed by atoms with Gasteiger partial charge in [0.2, 0.25) is 5.91 Å². The number of phenols is 1. The van der Waals surface area contributed by atoms with E-state index in [9.17, 15) is 14.7 Å². The molecule has 2 rings (SSSR count). The summed E-state index contributed by atoms with van der Waals surface area (Å²) in [7, 11) is 0. The number of phenolic OH excluding ortho intramolecular Hbond substituents is 1. The van der Waals surface area contributed by atoms with Crippen molar-refractivity contribution in [3.05, 3.63) is 29.3 Å². The number of piperazine rings is 1. The molecule has 1 aliphatic heterocycles. The molecular weight excluding hydrogens is 272 g/mol. The van der Waals surface area contributed by atoms with Gasteiger partial charge in [0.1, 0.15) is 11.8 Å². The van der Waals surface area contributed by atoms with Crippen LogP contribution in [0, 0.1) is 6.92 Å². The Morgan fingerprint density at radius 1 is 1.52 bits per heavy atom. The molecule has 21 heavy (non-hydrogen) atoms.